The molecular weight excluding hydrogens is 190 g/mol. The SMILES string of the molecule is CNc1nc(Cl)nc2c(C)[nH]nc12. The normalized spacial score (nSPS) is 10.7. The van der Waals surface area contributed by atoms with E-state index in [9.17, 15) is 0 Å². The first-order valence-corrected chi connectivity index (χ1v) is 4.16. The Kier molecular flexibility index (Phi) is 1.81. The molecule has 0 aliphatic heterocycles. The summed E-state index contributed by atoms with van der Waals surface area (Å²) in [5.41, 5.74) is 2.35. The number of nitrogens with zero attached hydrogens (tertiary/aromatic N) is 3. The molecule has 6 heteroatoms. The van der Waals surface area contributed by atoms with Crippen molar-refractivity contribution in [3.63, 3.8) is 0 Å². The first-order chi connectivity index (χ1) is 6.22. The van der Waals surface area contributed by atoms with Crippen molar-refractivity contribution in [3.8, 4) is 0 Å². The molecule has 0 aliphatic carbocycles. The van der Waals surface area contributed by atoms with Crippen molar-refractivity contribution in [2.45, 2.75) is 6.92 Å². The minimum absolute atomic E-state index is 0.223. The molecule has 0 saturated heterocycles. The predicted octanol–water partition coefficient (Wildman–Crippen LogP) is 1.36. The number of rotatable bonds is 1. The van der Waals surface area contributed by atoms with Crippen LogP contribution in [0, 0.1) is 6.92 Å². The number of halogens is 1. The Balaban J connectivity index is 2.84. The fourth-order valence-electron chi connectivity index (χ4n) is 1.16. The number of H-pyrrole nitrogens is 1. The number of hydrogen-bond acceptors (Lipinski definition) is 4. The van der Waals surface area contributed by atoms with Crippen molar-refractivity contribution in [3.05, 3.63) is 11.0 Å². The zero-order chi connectivity index (χ0) is 9.42. The van der Waals surface area contributed by atoms with Crippen molar-refractivity contribution in [2.24, 2.45) is 0 Å². The van der Waals surface area contributed by atoms with Crippen LogP contribution in [0.2, 0.25) is 5.28 Å². The molecule has 13 heavy (non-hydrogen) atoms. The van der Waals surface area contributed by atoms with Gasteiger partial charge in [0.05, 0.1) is 5.69 Å². The van der Waals surface area contributed by atoms with Crippen LogP contribution in [-0.4, -0.2) is 27.2 Å². The van der Waals surface area contributed by atoms with Crippen LogP contribution >= 0.6 is 11.6 Å². The lowest BCUT2D eigenvalue weighted by atomic mass is 10.3. The molecule has 0 bridgehead atoms. The Morgan fingerprint density at radius 1 is 1.31 bits per heavy atom. The largest absolute Gasteiger partial charge is 0.371 e. The van der Waals surface area contributed by atoms with Gasteiger partial charge >= 0.3 is 0 Å². The molecule has 2 aromatic rings. The summed E-state index contributed by atoms with van der Waals surface area (Å²) in [4.78, 5) is 8.06. The van der Waals surface area contributed by atoms with Crippen molar-refractivity contribution >= 4 is 28.5 Å². The van der Waals surface area contributed by atoms with E-state index < -0.39 is 0 Å². The molecule has 0 spiro atoms. The Labute approximate surface area is 79.5 Å². The van der Waals surface area contributed by atoms with E-state index in [-0.39, 0.29) is 5.28 Å². The van der Waals surface area contributed by atoms with Crippen LogP contribution in [0.4, 0.5) is 5.82 Å². The minimum atomic E-state index is 0.223. The van der Waals surface area contributed by atoms with Gasteiger partial charge in [-0.15, -0.1) is 0 Å². The number of anilines is 1. The van der Waals surface area contributed by atoms with Gasteiger partial charge in [-0.3, -0.25) is 5.10 Å². The summed E-state index contributed by atoms with van der Waals surface area (Å²) in [7, 11) is 1.77. The van der Waals surface area contributed by atoms with Gasteiger partial charge in [-0.1, -0.05) is 0 Å². The van der Waals surface area contributed by atoms with E-state index in [2.05, 4.69) is 25.5 Å². The molecule has 0 amide bonds. The second-order valence-electron chi connectivity index (χ2n) is 2.64. The second kappa shape index (κ2) is 2.85. The average molecular weight is 198 g/mol. The van der Waals surface area contributed by atoms with E-state index in [0.29, 0.717) is 11.3 Å². The van der Waals surface area contributed by atoms with Crippen LogP contribution < -0.4 is 5.32 Å². The molecule has 0 aromatic carbocycles. The zero-order valence-corrected chi connectivity index (χ0v) is 7.98. The van der Waals surface area contributed by atoms with E-state index >= 15 is 0 Å². The Morgan fingerprint density at radius 3 is 2.77 bits per heavy atom. The fraction of sp³-hybridized carbons (Fsp3) is 0.286. The molecule has 0 saturated carbocycles. The van der Waals surface area contributed by atoms with Crippen LogP contribution in [0.1, 0.15) is 5.69 Å². The van der Waals surface area contributed by atoms with Crippen LogP contribution in [0.25, 0.3) is 11.0 Å². The maximum absolute atomic E-state index is 5.73. The first-order valence-electron chi connectivity index (χ1n) is 3.78. The minimum Gasteiger partial charge on any atom is -0.371 e. The second-order valence-corrected chi connectivity index (χ2v) is 2.98. The predicted molar refractivity (Wildman–Crippen MR) is 51.0 cm³/mol. The topological polar surface area (TPSA) is 66.5 Å². The van der Waals surface area contributed by atoms with Gasteiger partial charge in [0, 0.05) is 7.05 Å². The van der Waals surface area contributed by atoms with E-state index in [0.717, 1.165) is 11.2 Å². The van der Waals surface area contributed by atoms with Gasteiger partial charge in [0.25, 0.3) is 0 Å². The van der Waals surface area contributed by atoms with Gasteiger partial charge in [-0.2, -0.15) is 10.1 Å². The smallest absolute Gasteiger partial charge is 0.225 e. The molecule has 2 aromatic heterocycles. The van der Waals surface area contributed by atoms with E-state index in [1.807, 2.05) is 6.92 Å². The van der Waals surface area contributed by atoms with E-state index in [1.165, 1.54) is 0 Å². The summed E-state index contributed by atoms with van der Waals surface area (Å²) in [5.74, 6) is 0.638. The highest BCUT2D eigenvalue weighted by Crippen LogP contribution is 2.21. The van der Waals surface area contributed by atoms with Gasteiger partial charge in [0.1, 0.15) is 5.52 Å². The zero-order valence-electron chi connectivity index (χ0n) is 7.22. The number of nitrogens with one attached hydrogen (secondary N) is 2. The summed E-state index contributed by atoms with van der Waals surface area (Å²) in [6, 6.07) is 0. The molecule has 2 heterocycles. The number of aromatic nitrogens is 4. The van der Waals surface area contributed by atoms with Crippen LogP contribution in [0.3, 0.4) is 0 Å². The molecule has 0 fully saturated rings. The molecule has 2 N–H and O–H groups in total. The lowest BCUT2D eigenvalue weighted by Crippen LogP contribution is -1.95. The fourth-order valence-corrected chi connectivity index (χ4v) is 1.33. The third-order valence-corrected chi connectivity index (χ3v) is 1.95. The maximum atomic E-state index is 5.73. The maximum Gasteiger partial charge on any atom is 0.225 e. The van der Waals surface area contributed by atoms with Crippen LogP contribution in [0.15, 0.2) is 0 Å². The van der Waals surface area contributed by atoms with E-state index in [4.69, 9.17) is 11.6 Å². The number of aryl methyl sites for hydroxylation is 1. The van der Waals surface area contributed by atoms with Gasteiger partial charge in [-0.05, 0) is 18.5 Å². The molecule has 0 atom stereocenters. The highest BCUT2D eigenvalue weighted by molar-refractivity contribution is 6.28. The molecule has 0 aliphatic rings. The third-order valence-electron chi connectivity index (χ3n) is 1.78. The standard InChI is InChI=1S/C7H8ClN5/c1-3-4-5(13-12-3)6(9-2)11-7(8)10-4/h1-2H3,(H,12,13)(H,9,10,11). The van der Waals surface area contributed by atoms with Crippen LogP contribution in [-0.2, 0) is 0 Å². The highest BCUT2D eigenvalue weighted by atomic mass is 35.5. The summed E-state index contributed by atoms with van der Waals surface area (Å²) in [6.07, 6.45) is 0. The molecule has 0 unspecified atom stereocenters. The van der Waals surface area contributed by atoms with Gasteiger partial charge in [-0.25, -0.2) is 4.98 Å². The molecular formula is C7H8ClN5. The molecule has 0 radical (unpaired) electrons. The first kappa shape index (κ1) is 8.25. The lowest BCUT2D eigenvalue weighted by molar-refractivity contribution is 1.07. The summed E-state index contributed by atoms with van der Waals surface area (Å²) < 4.78 is 0. The Bertz CT molecular complexity index is 449. The molecule has 2 rings (SSSR count). The van der Waals surface area contributed by atoms with Crippen molar-refractivity contribution in [1.29, 1.82) is 0 Å². The quantitative estimate of drug-likeness (QED) is 0.678. The highest BCUT2D eigenvalue weighted by Gasteiger charge is 2.09. The van der Waals surface area contributed by atoms with Gasteiger partial charge < -0.3 is 5.32 Å². The Hall–Kier alpha value is -1.36. The average Bonchev–Trinajstić information content (AvgIpc) is 2.47. The van der Waals surface area contributed by atoms with Crippen molar-refractivity contribution in [2.75, 3.05) is 12.4 Å². The Morgan fingerprint density at radius 2 is 2.08 bits per heavy atom. The summed E-state index contributed by atoms with van der Waals surface area (Å²) in [6.45, 7) is 1.89. The molecule has 5 nitrogen and oxygen atoms in total. The number of fused-ring (bicyclic) bond motifs is 1. The third kappa shape index (κ3) is 1.21. The van der Waals surface area contributed by atoms with Gasteiger partial charge in [0.15, 0.2) is 11.3 Å². The summed E-state index contributed by atoms with van der Waals surface area (Å²) in [5, 5.41) is 10.0. The number of hydrogen-bond donors (Lipinski definition) is 2. The van der Waals surface area contributed by atoms with Crippen molar-refractivity contribution < 1.29 is 0 Å². The number of aromatic amines is 1. The molecule has 68 valence electrons. The van der Waals surface area contributed by atoms with Gasteiger partial charge in [0.2, 0.25) is 5.28 Å². The lowest BCUT2D eigenvalue weighted by Gasteiger charge is -1.99. The van der Waals surface area contributed by atoms with Crippen LogP contribution in [0.5, 0.6) is 0 Å². The summed E-state index contributed by atoms with van der Waals surface area (Å²) >= 11 is 5.73. The van der Waals surface area contributed by atoms with E-state index in [1.54, 1.807) is 7.05 Å². The monoisotopic (exact) mass is 197 g/mol. The van der Waals surface area contributed by atoms with Crippen molar-refractivity contribution in [1.82, 2.24) is 20.2 Å².